The van der Waals surface area contributed by atoms with Crippen molar-refractivity contribution in [1.29, 1.82) is 0 Å². The molecule has 0 fully saturated rings. The van der Waals surface area contributed by atoms with Crippen LogP contribution in [0.15, 0.2) is 34.9 Å². The summed E-state index contributed by atoms with van der Waals surface area (Å²) in [5.74, 6) is 3.17. The van der Waals surface area contributed by atoms with Crippen molar-refractivity contribution in [3.63, 3.8) is 0 Å². The molecule has 0 aromatic heterocycles. The highest BCUT2D eigenvalue weighted by Crippen LogP contribution is 2.32. The second-order valence-corrected chi connectivity index (χ2v) is 8.93. The summed E-state index contributed by atoms with van der Waals surface area (Å²) in [6, 6.07) is 0. The average Bonchev–Trinajstić information content (AvgIpc) is 2.64. The monoisotopic (exact) mass is 344 g/mol. The van der Waals surface area contributed by atoms with Crippen LogP contribution >= 0.6 is 0 Å². The van der Waals surface area contributed by atoms with Gasteiger partial charge in [0.15, 0.2) is 0 Å². The second kappa shape index (κ2) is 11.8. The Morgan fingerprint density at radius 3 is 2.48 bits per heavy atom. The van der Waals surface area contributed by atoms with Crippen LogP contribution in [0.2, 0.25) is 0 Å². The molecule has 4 atom stereocenters. The molecular weight excluding hydrogens is 300 g/mol. The predicted molar refractivity (Wildman–Crippen MR) is 115 cm³/mol. The van der Waals surface area contributed by atoms with Gasteiger partial charge in [0.1, 0.15) is 0 Å². The zero-order valence-corrected chi connectivity index (χ0v) is 18.2. The molecule has 25 heavy (non-hydrogen) atoms. The average molecular weight is 345 g/mol. The highest BCUT2D eigenvalue weighted by molar-refractivity contribution is 5.19. The van der Waals surface area contributed by atoms with E-state index in [4.69, 9.17) is 0 Å². The van der Waals surface area contributed by atoms with Crippen LogP contribution in [-0.4, -0.2) is 0 Å². The topological polar surface area (TPSA) is 0 Å². The van der Waals surface area contributed by atoms with Crippen LogP contribution in [0.3, 0.4) is 0 Å². The molecule has 0 bridgehead atoms. The minimum atomic E-state index is 0.699. The van der Waals surface area contributed by atoms with Crippen molar-refractivity contribution in [3.05, 3.63) is 34.9 Å². The SMILES string of the molecule is CCC=C(C)CC(CC)CCCC(C)CC1C=C(C)CC(C)=CC1C. The first-order chi connectivity index (χ1) is 11.8. The smallest absolute Gasteiger partial charge is 0.0114 e. The molecule has 0 radical (unpaired) electrons. The van der Waals surface area contributed by atoms with E-state index in [0.29, 0.717) is 5.92 Å². The van der Waals surface area contributed by atoms with E-state index in [1.807, 2.05) is 0 Å². The molecule has 0 saturated heterocycles. The highest BCUT2D eigenvalue weighted by atomic mass is 14.2. The van der Waals surface area contributed by atoms with Crippen LogP contribution in [0.1, 0.15) is 99.8 Å². The van der Waals surface area contributed by atoms with Gasteiger partial charge in [-0.1, -0.05) is 88.3 Å². The van der Waals surface area contributed by atoms with Gasteiger partial charge in [-0.25, -0.2) is 0 Å². The lowest BCUT2D eigenvalue weighted by Crippen LogP contribution is -2.12. The van der Waals surface area contributed by atoms with E-state index in [-0.39, 0.29) is 0 Å². The predicted octanol–water partition coefficient (Wildman–Crippen LogP) is 8.50. The summed E-state index contributed by atoms with van der Waals surface area (Å²) >= 11 is 0. The third kappa shape index (κ3) is 8.93. The number of allylic oxidation sites excluding steroid dienone is 6. The van der Waals surface area contributed by atoms with Gasteiger partial charge in [0.25, 0.3) is 0 Å². The summed E-state index contributed by atoms with van der Waals surface area (Å²) < 4.78 is 0. The Labute approximate surface area is 158 Å². The molecule has 0 aliphatic heterocycles. The van der Waals surface area contributed by atoms with Gasteiger partial charge < -0.3 is 0 Å². The summed E-state index contributed by atoms with van der Waals surface area (Å²) in [4.78, 5) is 0. The van der Waals surface area contributed by atoms with Crippen molar-refractivity contribution in [3.8, 4) is 0 Å². The van der Waals surface area contributed by atoms with Crippen LogP contribution in [0.5, 0.6) is 0 Å². The maximum Gasteiger partial charge on any atom is -0.0114 e. The summed E-state index contributed by atoms with van der Waals surface area (Å²) in [5.41, 5.74) is 4.72. The molecule has 144 valence electrons. The zero-order valence-electron chi connectivity index (χ0n) is 18.2. The summed E-state index contributed by atoms with van der Waals surface area (Å²) in [7, 11) is 0. The van der Waals surface area contributed by atoms with E-state index in [1.54, 1.807) is 16.7 Å². The third-order valence-corrected chi connectivity index (χ3v) is 6.00. The van der Waals surface area contributed by atoms with E-state index in [9.17, 15) is 0 Å². The van der Waals surface area contributed by atoms with E-state index in [1.165, 1.54) is 51.4 Å². The maximum atomic E-state index is 2.57. The van der Waals surface area contributed by atoms with Gasteiger partial charge in [-0.05, 0) is 70.1 Å². The lowest BCUT2D eigenvalue weighted by atomic mass is 9.83. The van der Waals surface area contributed by atoms with Crippen LogP contribution < -0.4 is 0 Å². The molecule has 4 unspecified atom stereocenters. The van der Waals surface area contributed by atoms with E-state index >= 15 is 0 Å². The van der Waals surface area contributed by atoms with Gasteiger partial charge in [-0.2, -0.15) is 0 Å². The Balaban J connectivity index is 2.42. The van der Waals surface area contributed by atoms with Crippen molar-refractivity contribution >= 4 is 0 Å². The van der Waals surface area contributed by atoms with Crippen LogP contribution in [-0.2, 0) is 0 Å². The fourth-order valence-electron chi connectivity index (χ4n) is 4.61. The largest absolute Gasteiger partial charge is 0.0859 e. The highest BCUT2D eigenvalue weighted by Gasteiger charge is 2.19. The Morgan fingerprint density at radius 1 is 1.16 bits per heavy atom. The molecule has 0 nitrogen and oxygen atoms in total. The first-order valence-electron chi connectivity index (χ1n) is 10.9. The van der Waals surface area contributed by atoms with Gasteiger partial charge in [-0.15, -0.1) is 0 Å². The molecule has 1 aliphatic rings. The number of rotatable bonds is 10. The van der Waals surface area contributed by atoms with Crippen molar-refractivity contribution < 1.29 is 0 Å². The molecule has 0 amide bonds. The van der Waals surface area contributed by atoms with Crippen molar-refractivity contribution in [2.75, 3.05) is 0 Å². The van der Waals surface area contributed by atoms with Gasteiger partial charge >= 0.3 is 0 Å². The number of hydrogen-bond donors (Lipinski definition) is 0. The normalized spacial score (nSPS) is 24.4. The summed E-state index contributed by atoms with van der Waals surface area (Å²) in [6.45, 7) is 16.4. The van der Waals surface area contributed by atoms with E-state index in [2.05, 4.69) is 66.7 Å². The van der Waals surface area contributed by atoms with Gasteiger partial charge in [0, 0.05) is 0 Å². The number of hydrogen-bond acceptors (Lipinski definition) is 0. The van der Waals surface area contributed by atoms with Crippen LogP contribution in [0.4, 0.5) is 0 Å². The van der Waals surface area contributed by atoms with E-state index in [0.717, 1.165) is 17.8 Å². The molecule has 0 aromatic carbocycles. The third-order valence-electron chi connectivity index (χ3n) is 6.00. The van der Waals surface area contributed by atoms with Crippen molar-refractivity contribution in [1.82, 2.24) is 0 Å². The maximum absolute atomic E-state index is 2.57. The minimum Gasteiger partial charge on any atom is -0.0859 e. The van der Waals surface area contributed by atoms with Gasteiger partial charge in [0.2, 0.25) is 0 Å². The Kier molecular flexibility index (Phi) is 10.5. The zero-order chi connectivity index (χ0) is 18.8. The molecule has 0 heterocycles. The Bertz CT molecular complexity index is 462. The fourth-order valence-corrected chi connectivity index (χ4v) is 4.61. The van der Waals surface area contributed by atoms with Crippen LogP contribution in [0, 0.1) is 23.7 Å². The van der Waals surface area contributed by atoms with Crippen LogP contribution in [0.25, 0.3) is 0 Å². The molecule has 1 rings (SSSR count). The quantitative estimate of drug-likeness (QED) is 0.348. The minimum absolute atomic E-state index is 0.699. The van der Waals surface area contributed by atoms with Crippen molar-refractivity contribution in [2.45, 2.75) is 99.8 Å². The Morgan fingerprint density at radius 2 is 1.84 bits per heavy atom. The summed E-state index contributed by atoms with van der Waals surface area (Å²) in [5, 5.41) is 0. The molecular formula is C25H44. The fraction of sp³-hybridized carbons (Fsp3) is 0.760. The molecule has 0 aromatic rings. The first kappa shape index (κ1) is 22.3. The molecule has 0 saturated carbocycles. The molecule has 0 N–H and O–H groups in total. The molecule has 1 aliphatic carbocycles. The van der Waals surface area contributed by atoms with E-state index < -0.39 is 0 Å². The Hall–Kier alpha value is -0.780. The van der Waals surface area contributed by atoms with Gasteiger partial charge in [-0.3, -0.25) is 0 Å². The van der Waals surface area contributed by atoms with Crippen molar-refractivity contribution in [2.24, 2.45) is 23.7 Å². The molecule has 0 spiro atoms. The molecule has 0 heteroatoms. The van der Waals surface area contributed by atoms with Gasteiger partial charge in [0.05, 0.1) is 0 Å². The standard InChI is InChI=1S/C25H44/c1-8-11-19(3)16-24(9-2)13-10-12-20(4)17-25-18-22(6)14-21(5)15-23(25)7/h11,15,18,20,23-25H,8-10,12-14,16-17H2,1-7H3. The lowest BCUT2D eigenvalue weighted by molar-refractivity contribution is 0.346. The lowest BCUT2D eigenvalue weighted by Gasteiger charge is -2.23. The summed E-state index contributed by atoms with van der Waals surface area (Å²) in [6.07, 6.45) is 18.0. The second-order valence-electron chi connectivity index (χ2n) is 8.93. The first-order valence-corrected chi connectivity index (χ1v) is 10.9.